The molecule has 132 valence electrons. The Kier molecular flexibility index (Phi) is 5.83. The number of hydrogen-bond acceptors (Lipinski definition) is 6. The minimum absolute atomic E-state index is 0.0630. The van der Waals surface area contributed by atoms with Gasteiger partial charge in [-0.1, -0.05) is 34.4 Å². The quantitative estimate of drug-likeness (QED) is 0.632. The van der Waals surface area contributed by atoms with Crippen molar-refractivity contribution in [1.29, 1.82) is 0 Å². The molecule has 0 radical (unpaired) electrons. The third kappa shape index (κ3) is 4.90. The van der Waals surface area contributed by atoms with Gasteiger partial charge in [0.25, 0.3) is 11.9 Å². The summed E-state index contributed by atoms with van der Waals surface area (Å²) in [6, 6.07) is 5.01. The summed E-state index contributed by atoms with van der Waals surface area (Å²) in [6.07, 6.45) is 4.92. The van der Waals surface area contributed by atoms with Crippen molar-refractivity contribution in [3.63, 3.8) is 0 Å². The van der Waals surface area contributed by atoms with E-state index in [0.29, 0.717) is 21.6 Å². The highest BCUT2D eigenvalue weighted by Crippen LogP contribution is 2.19. The first kappa shape index (κ1) is 17.6. The van der Waals surface area contributed by atoms with Gasteiger partial charge in [0.2, 0.25) is 0 Å². The van der Waals surface area contributed by atoms with Crippen molar-refractivity contribution in [2.45, 2.75) is 25.8 Å². The van der Waals surface area contributed by atoms with Crippen molar-refractivity contribution in [2.75, 3.05) is 18.0 Å². The Morgan fingerprint density at radius 3 is 2.84 bits per heavy atom. The molecule has 2 heterocycles. The largest absolute Gasteiger partial charge is 0.338 e. The number of amides is 1. The maximum absolute atomic E-state index is 11.9. The van der Waals surface area contributed by atoms with Crippen molar-refractivity contribution in [3.8, 4) is 0 Å². The fraction of sp³-hybridized carbons (Fsp3) is 0.400. The van der Waals surface area contributed by atoms with E-state index in [2.05, 4.69) is 30.8 Å². The van der Waals surface area contributed by atoms with Crippen LogP contribution in [0.2, 0.25) is 10.0 Å². The third-order valence-electron chi connectivity index (χ3n) is 3.72. The second-order valence-electron chi connectivity index (χ2n) is 5.63. The zero-order valence-corrected chi connectivity index (χ0v) is 14.9. The number of carbonyl (C=O) groups excluding carboxylic acids is 1. The molecule has 1 fully saturated rings. The molecule has 10 heteroatoms. The van der Waals surface area contributed by atoms with Crippen LogP contribution in [0.15, 0.2) is 23.3 Å². The van der Waals surface area contributed by atoms with Gasteiger partial charge < -0.3 is 4.90 Å². The fourth-order valence-corrected chi connectivity index (χ4v) is 2.92. The molecule has 1 aromatic carbocycles. The minimum Gasteiger partial charge on any atom is -0.338 e. The molecule has 0 spiro atoms. The molecule has 1 aromatic heterocycles. The summed E-state index contributed by atoms with van der Waals surface area (Å²) < 4.78 is 0. The predicted octanol–water partition coefficient (Wildman–Crippen LogP) is 2.12. The standard InChI is InChI=1S/C15H17Cl2N7O/c16-12-5-4-11(13(17)8-12)9-18-19-14(25)10-24-21-15(20-22-24)23-6-2-1-3-7-23/h4-5,8-9H,1-3,6-7,10H2,(H,19,25)/b18-9-. The lowest BCUT2D eigenvalue weighted by molar-refractivity contribution is -0.122. The first-order valence-electron chi connectivity index (χ1n) is 7.91. The normalized spacial score (nSPS) is 14.9. The molecule has 1 amide bonds. The van der Waals surface area contributed by atoms with Gasteiger partial charge in [0.15, 0.2) is 0 Å². The Bertz CT molecular complexity index is 771. The van der Waals surface area contributed by atoms with Gasteiger partial charge >= 0.3 is 0 Å². The topological polar surface area (TPSA) is 88.3 Å². The zero-order valence-electron chi connectivity index (χ0n) is 13.4. The molecule has 1 N–H and O–H groups in total. The highest BCUT2D eigenvalue weighted by Gasteiger charge is 2.16. The summed E-state index contributed by atoms with van der Waals surface area (Å²) in [7, 11) is 0. The van der Waals surface area contributed by atoms with Crippen LogP contribution >= 0.6 is 23.2 Å². The highest BCUT2D eigenvalue weighted by atomic mass is 35.5. The minimum atomic E-state index is -0.357. The van der Waals surface area contributed by atoms with Crippen LogP contribution in [-0.4, -0.2) is 45.4 Å². The van der Waals surface area contributed by atoms with Crippen molar-refractivity contribution >= 4 is 41.3 Å². The Morgan fingerprint density at radius 2 is 2.08 bits per heavy atom. The van der Waals surface area contributed by atoms with E-state index >= 15 is 0 Å². The maximum Gasteiger partial charge on any atom is 0.266 e. The molecule has 0 unspecified atom stereocenters. The second-order valence-corrected chi connectivity index (χ2v) is 6.47. The molecule has 25 heavy (non-hydrogen) atoms. The number of rotatable bonds is 5. The number of hydrogen-bond donors (Lipinski definition) is 1. The van der Waals surface area contributed by atoms with Crippen molar-refractivity contribution in [2.24, 2.45) is 5.10 Å². The average Bonchev–Trinajstić information content (AvgIpc) is 3.06. The van der Waals surface area contributed by atoms with E-state index in [1.807, 2.05) is 0 Å². The predicted molar refractivity (Wildman–Crippen MR) is 96.1 cm³/mol. The number of piperidine rings is 1. The van der Waals surface area contributed by atoms with Gasteiger partial charge in [0.05, 0.1) is 11.2 Å². The lowest BCUT2D eigenvalue weighted by Crippen LogP contribution is -2.30. The molecule has 1 aliphatic heterocycles. The molecule has 8 nitrogen and oxygen atoms in total. The monoisotopic (exact) mass is 381 g/mol. The number of carbonyl (C=O) groups is 1. The van der Waals surface area contributed by atoms with Crippen LogP contribution in [-0.2, 0) is 11.3 Å². The van der Waals surface area contributed by atoms with Crippen LogP contribution in [0.25, 0.3) is 0 Å². The number of benzene rings is 1. The van der Waals surface area contributed by atoms with Crippen molar-refractivity contribution in [1.82, 2.24) is 25.6 Å². The molecule has 1 aliphatic rings. The highest BCUT2D eigenvalue weighted by molar-refractivity contribution is 6.36. The van der Waals surface area contributed by atoms with Gasteiger partial charge in [-0.05, 0) is 36.6 Å². The lowest BCUT2D eigenvalue weighted by Gasteiger charge is -2.24. The summed E-state index contributed by atoms with van der Waals surface area (Å²) in [5.74, 6) is 0.202. The summed E-state index contributed by atoms with van der Waals surface area (Å²) in [5, 5.41) is 17.0. The van der Waals surface area contributed by atoms with Gasteiger partial charge in [-0.2, -0.15) is 9.90 Å². The molecule has 2 aromatic rings. The third-order valence-corrected chi connectivity index (χ3v) is 4.28. The number of nitrogens with one attached hydrogen (secondary N) is 1. The SMILES string of the molecule is O=C(Cn1nnc(N2CCCCC2)n1)N/N=C\c1ccc(Cl)cc1Cl. The first-order chi connectivity index (χ1) is 12.1. The lowest BCUT2D eigenvalue weighted by atomic mass is 10.1. The maximum atomic E-state index is 11.9. The molecule has 0 atom stereocenters. The smallest absolute Gasteiger partial charge is 0.266 e. The van der Waals surface area contributed by atoms with Crippen LogP contribution in [0.5, 0.6) is 0 Å². The second kappa shape index (κ2) is 8.26. The Hall–Kier alpha value is -2.19. The van der Waals surface area contributed by atoms with Gasteiger partial charge in [-0.3, -0.25) is 4.79 Å². The number of aromatic nitrogens is 4. The van der Waals surface area contributed by atoms with Gasteiger partial charge in [0.1, 0.15) is 6.54 Å². The van der Waals surface area contributed by atoms with E-state index in [1.54, 1.807) is 18.2 Å². The van der Waals surface area contributed by atoms with Gasteiger partial charge in [-0.15, -0.1) is 5.10 Å². The van der Waals surface area contributed by atoms with E-state index in [0.717, 1.165) is 25.9 Å². The van der Waals surface area contributed by atoms with Gasteiger partial charge in [-0.25, -0.2) is 5.43 Å². The summed E-state index contributed by atoms with van der Waals surface area (Å²) >= 11 is 11.9. The molecule has 0 bridgehead atoms. The van der Waals surface area contributed by atoms with Crippen LogP contribution in [0, 0.1) is 0 Å². The number of nitrogens with zero attached hydrogens (tertiary/aromatic N) is 6. The Balaban J connectivity index is 1.52. The Morgan fingerprint density at radius 1 is 1.28 bits per heavy atom. The molecule has 0 saturated carbocycles. The van der Waals surface area contributed by atoms with Crippen molar-refractivity contribution < 1.29 is 4.79 Å². The first-order valence-corrected chi connectivity index (χ1v) is 8.67. The van der Waals surface area contributed by atoms with Crippen LogP contribution in [0.4, 0.5) is 5.95 Å². The fourth-order valence-electron chi connectivity index (χ4n) is 2.47. The Labute approximate surface area is 154 Å². The number of hydrazone groups is 1. The van der Waals surface area contributed by atoms with E-state index in [9.17, 15) is 4.79 Å². The number of halogens is 2. The van der Waals surface area contributed by atoms with Crippen LogP contribution < -0.4 is 10.3 Å². The molecule has 3 rings (SSSR count). The summed E-state index contributed by atoms with van der Waals surface area (Å²) in [4.78, 5) is 15.2. The van der Waals surface area contributed by atoms with Crippen LogP contribution in [0.3, 0.4) is 0 Å². The van der Waals surface area contributed by atoms with E-state index < -0.39 is 0 Å². The number of anilines is 1. The molecule has 0 aliphatic carbocycles. The average molecular weight is 382 g/mol. The summed E-state index contributed by atoms with van der Waals surface area (Å²) in [5.41, 5.74) is 3.06. The van der Waals surface area contributed by atoms with E-state index in [1.165, 1.54) is 17.4 Å². The van der Waals surface area contributed by atoms with Crippen molar-refractivity contribution in [3.05, 3.63) is 33.8 Å². The van der Waals surface area contributed by atoms with E-state index in [4.69, 9.17) is 23.2 Å². The van der Waals surface area contributed by atoms with Gasteiger partial charge in [0, 0.05) is 23.7 Å². The zero-order chi connectivity index (χ0) is 17.6. The van der Waals surface area contributed by atoms with Crippen LogP contribution in [0.1, 0.15) is 24.8 Å². The molecular weight excluding hydrogens is 365 g/mol. The summed E-state index contributed by atoms with van der Waals surface area (Å²) in [6.45, 7) is 1.78. The molecular formula is C15H17Cl2N7O. The number of tetrazole rings is 1. The van der Waals surface area contributed by atoms with E-state index in [-0.39, 0.29) is 12.5 Å². The molecule has 1 saturated heterocycles.